The Kier molecular flexibility index (Phi) is 6.53. The van der Waals surface area contributed by atoms with E-state index in [0.717, 1.165) is 55.2 Å². The van der Waals surface area contributed by atoms with Crippen molar-refractivity contribution in [1.29, 1.82) is 0 Å². The largest absolute Gasteiger partial charge is 0.490 e. The van der Waals surface area contributed by atoms with E-state index in [1.807, 2.05) is 36.4 Å². The number of ether oxygens (including phenoxy) is 1. The quantitative estimate of drug-likeness (QED) is 0.546. The molecule has 6 nitrogen and oxygen atoms in total. The predicted octanol–water partition coefficient (Wildman–Crippen LogP) is 3.14. The molecule has 2 aromatic carbocycles. The average molecular weight is 444 g/mol. The normalized spacial score (nSPS) is 17.7. The van der Waals surface area contributed by atoms with Crippen LogP contribution < -0.4 is 15.8 Å². The van der Waals surface area contributed by atoms with Crippen LogP contribution in [0.2, 0.25) is 5.02 Å². The SMILES string of the molecule is CN1CCN(CCOc2cc3c(cc2N)C(c2ccccc2Cl)=NCC(=S)N3)CC1. The van der Waals surface area contributed by atoms with Gasteiger partial charge in [0.2, 0.25) is 0 Å². The number of nitrogens with zero attached hydrogens (tertiary/aromatic N) is 3. The van der Waals surface area contributed by atoms with Gasteiger partial charge in [0.05, 0.1) is 23.6 Å². The van der Waals surface area contributed by atoms with Gasteiger partial charge in [0.1, 0.15) is 17.3 Å². The summed E-state index contributed by atoms with van der Waals surface area (Å²) in [6, 6.07) is 11.5. The van der Waals surface area contributed by atoms with Crippen molar-refractivity contribution in [3.8, 4) is 5.75 Å². The Labute approximate surface area is 187 Å². The zero-order valence-corrected chi connectivity index (χ0v) is 18.6. The lowest BCUT2D eigenvalue weighted by Crippen LogP contribution is -2.45. The number of thiocarbonyl (C=S) groups is 1. The molecule has 1 saturated heterocycles. The van der Waals surface area contributed by atoms with Crippen molar-refractivity contribution in [2.75, 3.05) is 64.0 Å². The Hall–Kier alpha value is -2.19. The molecule has 2 aliphatic rings. The molecule has 0 aromatic heterocycles. The summed E-state index contributed by atoms with van der Waals surface area (Å²) in [7, 11) is 2.15. The number of fused-ring (bicyclic) bond motifs is 1. The smallest absolute Gasteiger partial charge is 0.144 e. The van der Waals surface area contributed by atoms with Gasteiger partial charge in [-0.15, -0.1) is 0 Å². The van der Waals surface area contributed by atoms with Crippen LogP contribution in [0.1, 0.15) is 11.1 Å². The number of nitrogens with two attached hydrogens (primary N) is 1. The fourth-order valence-corrected chi connectivity index (χ4v) is 4.09. The molecular weight excluding hydrogens is 418 g/mol. The predicted molar refractivity (Wildman–Crippen MR) is 128 cm³/mol. The number of nitrogen functional groups attached to an aromatic ring is 1. The highest BCUT2D eigenvalue weighted by atomic mass is 35.5. The van der Waals surface area contributed by atoms with Gasteiger partial charge in [-0.1, -0.05) is 42.0 Å². The average Bonchev–Trinajstić information content (AvgIpc) is 2.88. The van der Waals surface area contributed by atoms with E-state index in [0.29, 0.717) is 34.6 Å². The van der Waals surface area contributed by atoms with Crippen molar-refractivity contribution in [3.63, 3.8) is 0 Å². The second kappa shape index (κ2) is 9.31. The molecule has 0 spiro atoms. The van der Waals surface area contributed by atoms with Gasteiger partial charge in [-0.25, -0.2) is 0 Å². The van der Waals surface area contributed by atoms with E-state index in [9.17, 15) is 0 Å². The van der Waals surface area contributed by atoms with Crippen molar-refractivity contribution >= 4 is 45.9 Å². The Balaban J connectivity index is 1.55. The molecule has 3 N–H and O–H groups in total. The van der Waals surface area contributed by atoms with Gasteiger partial charge >= 0.3 is 0 Å². The molecule has 30 heavy (non-hydrogen) atoms. The zero-order valence-electron chi connectivity index (χ0n) is 17.0. The Morgan fingerprint density at radius 3 is 2.70 bits per heavy atom. The molecule has 158 valence electrons. The summed E-state index contributed by atoms with van der Waals surface area (Å²) in [5.74, 6) is 0.651. The zero-order chi connectivity index (χ0) is 21.1. The van der Waals surface area contributed by atoms with Gasteiger partial charge in [0.25, 0.3) is 0 Å². The summed E-state index contributed by atoms with van der Waals surface area (Å²) < 4.78 is 6.04. The molecule has 0 amide bonds. The number of hydrogen-bond donors (Lipinski definition) is 2. The first-order valence-corrected chi connectivity index (χ1v) is 10.9. The van der Waals surface area contributed by atoms with Crippen molar-refractivity contribution in [1.82, 2.24) is 9.80 Å². The highest BCUT2D eigenvalue weighted by Gasteiger charge is 2.21. The fourth-order valence-electron chi connectivity index (χ4n) is 3.69. The highest BCUT2D eigenvalue weighted by molar-refractivity contribution is 7.80. The summed E-state index contributed by atoms with van der Waals surface area (Å²) in [6.45, 7) is 6.16. The fraction of sp³-hybridized carbons (Fsp3) is 0.364. The Morgan fingerprint density at radius 1 is 1.17 bits per heavy atom. The number of nitrogens with one attached hydrogen (secondary N) is 1. The summed E-state index contributed by atoms with van der Waals surface area (Å²) in [5, 5.41) is 3.92. The van der Waals surface area contributed by atoms with Crippen LogP contribution in [0, 0.1) is 0 Å². The first kappa shape index (κ1) is 21.1. The number of anilines is 2. The van der Waals surface area contributed by atoms with E-state index in [-0.39, 0.29) is 0 Å². The second-order valence-electron chi connectivity index (χ2n) is 7.62. The molecular formula is C22H26ClN5OS. The van der Waals surface area contributed by atoms with Gasteiger partial charge in [0, 0.05) is 54.9 Å². The van der Waals surface area contributed by atoms with E-state index in [4.69, 9.17) is 39.3 Å². The third kappa shape index (κ3) is 4.75. The van der Waals surface area contributed by atoms with Gasteiger partial charge in [0.15, 0.2) is 0 Å². The molecule has 0 saturated carbocycles. The van der Waals surface area contributed by atoms with Crippen LogP contribution in [0.5, 0.6) is 5.75 Å². The van der Waals surface area contributed by atoms with Crippen LogP contribution in [0.3, 0.4) is 0 Å². The molecule has 8 heteroatoms. The first-order valence-electron chi connectivity index (χ1n) is 10.1. The van der Waals surface area contributed by atoms with E-state index in [1.165, 1.54) is 0 Å². The number of rotatable bonds is 5. The molecule has 0 radical (unpaired) electrons. The van der Waals surface area contributed by atoms with Crippen LogP contribution in [-0.4, -0.2) is 73.4 Å². The highest BCUT2D eigenvalue weighted by Crippen LogP contribution is 2.34. The molecule has 0 aliphatic carbocycles. The number of hydrogen-bond acceptors (Lipinski definition) is 6. The van der Waals surface area contributed by atoms with Crippen molar-refractivity contribution in [2.24, 2.45) is 4.99 Å². The van der Waals surface area contributed by atoms with E-state index in [2.05, 4.69) is 22.2 Å². The number of halogens is 1. The number of piperazine rings is 1. The topological polar surface area (TPSA) is 66.1 Å². The van der Waals surface area contributed by atoms with E-state index >= 15 is 0 Å². The third-order valence-corrected chi connectivity index (χ3v) is 6.01. The van der Waals surface area contributed by atoms with Gasteiger partial charge in [-0.05, 0) is 19.2 Å². The number of aliphatic imine (C=N–C) groups is 1. The minimum absolute atomic E-state index is 0.393. The monoisotopic (exact) mass is 443 g/mol. The summed E-state index contributed by atoms with van der Waals surface area (Å²) in [6.07, 6.45) is 0. The molecule has 0 unspecified atom stereocenters. The standard InChI is InChI=1S/C22H26ClN5OS/c1-27-6-8-28(9-7-27)10-11-29-20-13-19-16(12-18(20)24)22(25-14-21(30)26-19)15-4-2-3-5-17(15)23/h2-5,12-13H,6-11,14,24H2,1H3,(H,26,30). The molecule has 2 aromatic rings. The van der Waals surface area contributed by atoms with E-state index < -0.39 is 0 Å². The van der Waals surface area contributed by atoms with Gasteiger partial charge < -0.3 is 20.7 Å². The lowest BCUT2D eigenvalue weighted by Gasteiger charge is -2.32. The minimum atomic E-state index is 0.393. The van der Waals surface area contributed by atoms with Crippen LogP contribution in [0.25, 0.3) is 0 Å². The minimum Gasteiger partial charge on any atom is -0.490 e. The summed E-state index contributed by atoms with van der Waals surface area (Å²) in [5.41, 5.74) is 10.3. The number of benzene rings is 2. The second-order valence-corrected chi connectivity index (χ2v) is 8.52. The maximum Gasteiger partial charge on any atom is 0.144 e. The first-order chi connectivity index (χ1) is 14.5. The van der Waals surface area contributed by atoms with Crippen LogP contribution in [-0.2, 0) is 0 Å². The lowest BCUT2D eigenvalue weighted by atomic mass is 9.99. The van der Waals surface area contributed by atoms with Crippen molar-refractivity contribution in [2.45, 2.75) is 0 Å². The maximum atomic E-state index is 6.44. The van der Waals surface area contributed by atoms with Gasteiger partial charge in [-0.3, -0.25) is 9.89 Å². The third-order valence-electron chi connectivity index (χ3n) is 5.45. The van der Waals surface area contributed by atoms with Crippen LogP contribution in [0.4, 0.5) is 11.4 Å². The van der Waals surface area contributed by atoms with E-state index in [1.54, 1.807) is 0 Å². The molecule has 2 heterocycles. The maximum absolute atomic E-state index is 6.44. The Bertz CT molecular complexity index is 972. The lowest BCUT2D eigenvalue weighted by molar-refractivity contribution is 0.134. The molecule has 1 fully saturated rings. The van der Waals surface area contributed by atoms with Gasteiger partial charge in [-0.2, -0.15) is 0 Å². The van der Waals surface area contributed by atoms with Crippen molar-refractivity contribution < 1.29 is 4.74 Å². The Morgan fingerprint density at radius 2 is 1.93 bits per heavy atom. The molecule has 4 rings (SSSR count). The summed E-state index contributed by atoms with van der Waals surface area (Å²) in [4.78, 5) is 10.1. The molecule has 2 aliphatic heterocycles. The number of likely N-dealkylation sites (N-methyl/N-ethyl adjacent to an activating group) is 1. The molecule has 0 bridgehead atoms. The number of benzodiazepines with no additional fused rings is 1. The van der Waals surface area contributed by atoms with Crippen molar-refractivity contribution in [3.05, 3.63) is 52.5 Å². The molecule has 0 atom stereocenters. The van der Waals surface area contributed by atoms with Crippen LogP contribution >= 0.6 is 23.8 Å². The summed E-state index contributed by atoms with van der Waals surface area (Å²) >= 11 is 11.9. The van der Waals surface area contributed by atoms with Crippen LogP contribution in [0.15, 0.2) is 41.4 Å².